The van der Waals surface area contributed by atoms with E-state index < -0.39 is 0 Å². The zero-order valence-electron chi connectivity index (χ0n) is 11.6. The molecule has 0 fully saturated rings. The van der Waals surface area contributed by atoms with Crippen LogP contribution in [0, 0.1) is 0 Å². The van der Waals surface area contributed by atoms with E-state index in [9.17, 15) is 9.90 Å². The predicted octanol–water partition coefficient (Wildman–Crippen LogP) is 2.41. The summed E-state index contributed by atoms with van der Waals surface area (Å²) in [5, 5.41) is 9.19. The first kappa shape index (κ1) is 15.4. The van der Waals surface area contributed by atoms with Crippen molar-refractivity contribution in [3.63, 3.8) is 0 Å². The molecule has 0 bridgehead atoms. The maximum Gasteiger partial charge on any atom is 0.275 e. The van der Waals surface area contributed by atoms with Crippen LogP contribution < -0.4 is 5.48 Å². The number of carbonyl (C=O) groups excluding carboxylic acids is 1. The van der Waals surface area contributed by atoms with Gasteiger partial charge in [-0.05, 0) is 31.9 Å². The second kappa shape index (κ2) is 7.71. The molecule has 4 heteroatoms. The van der Waals surface area contributed by atoms with Crippen LogP contribution in [0.2, 0.25) is 0 Å². The van der Waals surface area contributed by atoms with Crippen molar-refractivity contribution in [1.29, 1.82) is 0 Å². The van der Waals surface area contributed by atoms with Crippen LogP contribution in [0.1, 0.15) is 42.1 Å². The van der Waals surface area contributed by atoms with Gasteiger partial charge in [-0.25, -0.2) is 5.48 Å². The van der Waals surface area contributed by atoms with Crippen molar-refractivity contribution < 1.29 is 14.7 Å². The maximum atomic E-state index is 11.9. The number of nitrogens with one attached hydrogen (secondary N) is 1. The molecule has 0 radical (unpaired) electrons. The highest BCUT2D eigenvalue weighted by molar-refractivity contribution is 5.95. The molecule has 1 atom stereocenters. The topological polar surface area (TPSA) is 58.6 Å². The van der Waals surface area contributed by atoms with E-state index in [2.05, 4.69) is 16.4 Å². The van der Waals surface area contributed by atoms with Crippen LogP contribution in [-0.2, 0) is 4.84 Å². The fourth-order valence-corrected chi connectivity index (χ4v) is 2.04. The molecule has 2 N–H and O–H groups in total. The van der Waals surface area contributed by atoms with Crippen molar-refractivity contribution in [1.82, 2.24) is 5.48 Å². The van der Waals surface area contributed by atoms with Gasteiger partial charge in [0.05, 0.1) is 7.11 Å². The molecule has 4 nitrogen and oxygen atoms in total. The third-order valence-corrected chi connectivity index (χ3v) is 2.77. The van der Waals surface area contributed by atoms with Crippen LogP contribution in [-0.4, -0.2) is 24.7 Å². The first-order chi connectivity index (χ1) is 9.10. The van der Waals surface area contributed by atoms with Crippen molar-refractivity contribution in [2.24, 2.45) is 0 Å². The minimum absolute atomic E-state index is 0.0220. The van der Waals surface area contributed by atoms with Crippen molar-refractivity contribution in [3.8, 4) is 0 Å². The number of rotatable bonds is 6. The quantitative estimate of drug-likeness (QED) is 0.612. The van der Waals surface area contributed by atoms with Gasteiger partial charge in [-0.15, -0.1) is 0 Å². The molecule has 0 aliphatic heterocycles. The lowest BCUT2D eigenvalue weighted by molar-refractivity contribution is 0.0536. The Morgan fingerprint density at radius 3 is 2.68 bits per heavy atom. The zero-order valence-corrected chi connectivity index (χ0v) is 11.6. The molecule has 104 valence electrons. The molecule has 0 aliphatic carbocycles. The standard InChI is InChI=1S/C15H21NO3/c1-11(2)10-12(8-9-17)13-6-4-5-7-14(13)15(18)16-19-3/h4-7,10,12,17H,8-9H2,1-3H3,(H,16,18). The maximum absolute atomic E-state index is 11.9. The van der Waals surface area contributed by atoms with E-state index in [1.807, 2.05) is 32.0 Å². The average molecular weight is 263 g/mol. The van der Waals surface area contributed by atoms with Crippen LogP contribution in [0.3, 0.4) is 0 Å². The summed E-state index contributed by atoms with van der Waals surface area (Å²) in [6.07, 6.45) is 2.65. The van der Waals surface area contributed by atoms with E-state index in [1.54, 1.807) is 6.07 Å². The Labute approximate surface area is 114 Å². The summed E-state index contributed by atoms with van der Waals surface area (Å²) in [5.41, 5.74) is 4.95. The molecule has 0 aromatic heterocycles. The first-order valence-electron chi connectivity index (χ1n) is 6.28. The predicted molar refractivity (Wildman–Crippen MR) is 74.8 cm³/mol. The van der Waals surface area contributed by atoms with E-state index in [0.717, 1.165) is 11.1 Å². The highest BCUT2D eigenvalue weighted by Gasteiger charge is 2.17. The van der Waals surface area contributed by atoms with Crippen LogP contribution in [0.5, 0.6) is 0 Å². The molecule has 19 heavy (non-hydrogen) atoms. The lowest BCUT2D eigenvalue weighted by atomic mass is 9.90. The molecular formula is C15H21NO3. The Morgan fingerprint density at radius 1 is 1.42 bits per heavy atom. The lowest BCUT2D eigenvalue weighted by Gasteiger charge is -2.16. The van der Waals surface area contributed by atoms with E-state index in [4.69, 9.17) is 0 Å². The van der Waals surface area contributed by atoms with E-state index in [-0.39, 0.29) is 18.4 Å². The van der Waals surface area contributed by atoms with Crippen molar-refractivity contribution in [2.45, 2.75) is 26.2 Å². The largest absolute Gasteiger partial charge is 0.396 e. The van der Waals surface area contributed by atoms with Crippen molar-refractivity contribution in [2.75, 3.05) is 13.7 Å². The fraction of sp³-hybridized carbons (Fsp3) is 0.400. The molecule has 0 saturated carbocycles. The number of hydrogen-bond donors (Lipinski definition) is 2. The summed E-state index contributed by atoms with van der Waals surface area (Å²) in [4.78, 5) is 16.6. The summed E-state index contributed by atoms with van der Waals surface area (Å²) < 4.78 is 0. The van der Waals surface area contributed by atoms with E-state index in [0.29, 0.717) is 12.0 Å². The van der Waals surface area contributed by atoms with Gasteiger partial charge in [0, 0.05) is 18.1 Å². The number of hydrogen-bond acceptors (Lipinski definition) is 3. The minimum Gasteiger partial charge on any atom is -0.396 e. The van der Waals surface area contributed by atoms with Gasteiger partial charge in [0.1, 0.15) is 0 Å². The number of allylic oxidation sites excluding steroid dienone is 2. The molecule has 0 saturated heterocycles. The van der Waals surface area contributed by atoms with Crippen LogP contribution in [0.15, 0.2) is 35.9 Å². The second-order valence-corrected chi connectivity index (χ2v) is 4.59. The Balaban J connectivity index is 3.15. The van der Waals surface area contributed by atoms with Gasteiger partial charge in [-0.3, -0.25) is 9.63 Å². The van der Waals surface area contributed by atoms with Gasteiger partial charge in [0.2, 0.25) is 0 Å². The Kier molecular flexibility index (Phi) is 6.25. The number of carbonyl (C=O) groups is 1. The van der Waals surface area contributed by atoms with Gasteiger partial charge >= 0.3 is 0 Å². The summed E-state index contributed by atoms with van der Waals surface area (Å²) in [6, 6.07) is 7.37. The smallest absolute Gasteiger partial charge is 0.275 e. The minimum atomic E-state index is -0.275. The van der Waals surface area contributed by atoms with Gasteiger partial charge < -0.3 is 5.11 Å². The molecule has 1 amide bonds. The number of aliphatic hydroxyl groups is 1. The first-order valence-corrected chi connectivity index (χ1v) is 6.28. The molecule has 1 rings (SSSR count). The number of aliphatic hydroxyl groups excluding tert-OH is 1. The highest BCUT2D eigenvalue weighted by atomic mass is 16.6. The molecule has 0 aliphatic rings. The Hall–Kier alpha value is -1.65. The third kappa shape index (κ3) is 4.50. The normalized spacial score (nSPS) is 11.8. The van der Waals surface area contributed by atoms with Gasteiger partial charge in [0.15, 0.2) is 0 Å². The van der Waals surface area contributed by atoms with Crippen molar-refractivity contribution >= 4 is 5.91 Å². The van der Waals surface area contributed by atoms with Gasteiger partial charge in [-0.2, -0.15) is 0 Å². The molecule has 0 spiro atoms. The van der Waals surface area contributed by atoms with Crippen LogP contribution >= 0.6 is 0 Å². The SMILES string of the molecule is CONC(=O)c1ccccc1C(C=C(C)C)CCO. The number of amides is 1. The fourth-order valence-electron chi connectivity index (χ4n) is 2.04. The second-order valence-electron chi connectivity index (χ2n) is 4.59. The van der Waals surface area contributed by atoms with Gasteiger partial charge in [-0.1, -0.05) is 29.8 Å². The molecular weight excluding hydrogens is 242 g/mol. The number of hydroxylamine groups is 1. The third-order valence-electron chi connectivity index (χ3n) is 2.77. The summed E-state index contributed by atoms with van der Waals surface area (Å²) in [6.45, 7) is 4.08. The highest BCUT2D eigenvalue weighted by Crippen LogP contribution is 2.26. The molecule has 1 unspecified atom stereocenters. The van der Waals surface area contributed by atoms with E-state index in [1.165, 1.54) is 7.11 Å². The van der Waals surface area contributed by atoms with Crippen molar-refractivity contribution in [3.05, 3.63) is 47.0 Å². The summed E-state index contributed by atoms with van der Waals surface area (Å²) in [7, 11) is 1.40. The summed E-state index contributed by atoms with van der Waals surface area (Å²) >= 11 is 0. The molecule has 1 aromatic carbocycles. The number of benzene rings is 1. The van der Waals surface area contributed by atoms with Gasteiger partial charge in [0.25, 0.3) is 5.91 Å². The molecule has 1 aromatic rings. The van der Waals surface area contributed by atoms with Crippen LogP contribution in [0.4, 0.5) is 0 Å². The molecule has 0 heterocycles. The lowest BCUT2D eigenvalue weighted by Crippen LogP contribution is -2.23. The van der Waals surface area contributed by atoms with Crippen LogP contribution in [0.25, 0.3) is 0 Å². The Morgan fingerprint density at radius 2 is 2.11 bits per heavy atom. The van der Waals surface area contributed by atoms with E-state index >= 15 is 0 Å². The average Bonchev–Trinajstić information content (AvgIpc) is 2.38. The summed E-state index contributed by atoms with van der Waals surface area (Å²) in [5.74, 6) is -0.253. The zero-order chi connectivity index (χ0) is 14.3. The monoisotopic (exact) mass is 263 g/mol. The Bertz CT molecular complexity index is 450.